The number of carboxylic acid groups (broad SMARTS) is 1. The van der Waals surface area contributed by atoms with Crippen molar-refractivity contribution < 1.29 is 19.1 Å². The van der Waals surface area contributed by atoms with E-state index in [-0.39, 0.29) is 23.8 Å². The molecule has 4 nitrogen and oxygen atoms in total. The Hall–Kier alpha value is -1.62. The van der Waals surface area contributed by atoms with Gasteiger partial charge in [0.2, 0.25) is 5.91 Å². The summed E-state index contributed by atoms with van der Waals surface area (Å²) in [6, 6.07) is 2.80. The molecule has 2 rings (SSSR count). The van der Waals surface area contributed by atoms with Gasteiger partial charge in [0.15, 0.2) is 0 Å². The summed E-state index contributed by atoms with van der Waals surface area (Å²) < 4.78 is 13.5. The van der Waals surface area contributed by atoms with E-state index in [1.165, 1.54) is 18.2 Å². The quantitative estimate of drug-likeness (QED) is 0.869. The molecule has 1 aliphatic carbocycles. The largest absolute Gasteiger partial charge is 0.480 e. The van der Waals surface area contributed by atoms with Crippen LogP contribution in [0.1, 0.15) is 18.4 Å². The number of carboxylic acids is 1. The van der Waals surface area contributed by atoms with Crippen molar-refractivity contribution in [3.05, 3.63) is 34.6 Å². The standard InChI is InChI=1S/C13H13ClFNO3/c14-9-3-4-10(15)8(5-9)6-11(13(18)19)16-12(17)7-1-2-7/h3-5,7,11H,1-2,6H2,(H,16,17)(H,18,19)/t11-/m0/s1. The lowest BCUT2D eigenvalue weighted by atomic mass is 10.1. The topological polar surface area (TPSA) is 66.4 Å². The van der Waals surface area contributed by atoms with E-state index in [0.717, 1.165) is 12.8 Å². The molecule has 1 aromatic rings. The molecule has 0 unspecified atom stereocenters. The second kappa shape index (κ2) is 5.57. The molecular formula is C13H13ClFNO3. The minimum atomic E-state index is -1.19. The van der Waals surface area contributed by atoms with Gasteiger partial charge >= 0.3 is 5.97 Å². The van der Waals surface area contributed by atoms with Crippen LogP contribution in [0.5, 0.6) is 0 Å². The summed E-state index contributed by atoms with van der Waals surface area (Å²) >= 11 is 5.74. The fourth-order valence-corrected chi connectivity index (χ4v) is 1.95. The zero-order valence-electron chi connectivity index (χ0n) is 10.0. The Labute approximate surface area is 114 Å². The first-order valence-electron chi connectivity index (χ1n) is 5.94. The van der Waals surface area contributed by atoms with Crippen molar-refractivity contribution in [3.8, 4) is 0 Å². The molecule has 0 bridgehead atoms. The van der Waals surface area contributed by atoms with Crippen LogP contribution in [0.4, 0.5) is 4.39 Å². The van der Waals surface area contributed by atoms with Crippen LogP contribution in [0.25, 0.3) is 0 Å². The van der Waals surface area contributed by atoms with Gasteiger partial charge in [0.25, 0.3) is 0 Å². The molecule has 1 aromatic carbocycles. The number of amides is 1. The van der Waals surface area contributed by atoms with Gasteiger partial charge in [-0.15, -0.1) is 0 Å². The fourth-order valence-electron chi connectivity index (χ4n) is 1.75. The third kappa shape index (κ3) is 3.67. The zero-order valence-corrected chi connectivity index (χ0v) is 10.8. The van der Waals surface area contributed by atoms with Gasteiger partial charge in [-0.1, -0.05) is 11.6 Å². The summed E-state index contributed by atoms with van der Waals surface area (Å²) in [6.07, 6.45) is 1.44. The highest BCUT2D eigenvalue weighted by Crippen LogP contribution is 2.29. The maximum atomic E-state index is 13.5. The number of hydrogen-bond acceptors (Lipinski definition) is 2. The fraction of sp³-hybridized carbons (Fsp3) is 0.385. The summed E-state index contributed by atoms with van der Waals surface area (Å²) in [5, 5.41) is 11.8. The summed E-state index contributed by atoms with van der Waals surface area (Å²) in [7, 11) is 0. The van der Waals surface area contributed by atoms with Gasteiger partial charge in [-0.3, -0.25) is 4.79 Å². The minimum Gasteiger partial charge on any atom is -0.480 e. The number of aliphatic carboxylic acids is 1. The molecule has 1 aliphatic rings. The molecule has 1 amide bonds. The van der Waals surface area contributed by atoms with Gasteiger partial charge < -0.3 is 10.4 Å². The summed E-state index contributed by atoms with van der Waals surface area (Å²) in [4.78, 5) is 22.7. The van der Waals surface area contributed by atoms with E-state index in [9.17, 15) is 14.0 Å². The molecule has 19 heavy (non-hydrogen) atoms. The molecule has 102 valence electrons. The van der Waals surface area contributed by atoms with Crippen LogP contribution in [0.2, 0.25) is 5.02 Å². The zero-order chi connectivity index (χ0) is 14.0. The van der Waals surface area contributed by atoms with Crippen LogP contribution in [0, 0.1) is 11.7 Å². The lowest BCUT2D eigenvalue weighted by Crippen LogP contribution is -2.43. The predicted octanol–water partition coefficient (Wildman–Crippen LogP) is 2.00. The third-order valence-electron chi connectivity index (χ3n) is 2.99. The van der Waals surface area contributed by atoms with Crippen LogP contribution in [0.15, 0.2) is 18.2 Å². The van der Waals surface area contributed by atoms with Crippen molar-refractivity contribution in [2.45, 2.75) is 25.3 Å². The van der Waals surface area contributed by atoms with Crippen molar-refractivity contribution in [3.63, 3.8) is 0 Å². The summed E-state index contributed by atoms with van der Waals surface area (Å²) in [5.74, 6) is -2.09. The molecule has 6 heteroatoms. The monoisotopic (exact) mass is 285 g/mol. The second-order valence-corrected chi connectivity index (χ2v) is 5.05. The molecule has 0 spiro atoms. The molecule has 2 N–H and O–H groups in total. The van der Waals surface area contributed by atoms with Gasteiger partial charge in [-0.2, -0.15) is 0 Å². The maximum Gasteiger partial charge on any atom is 0.326 e. The SMILES string of the molecule is O=C(N[C@@H](Cc1cc(Cl)ccc1F)C(=O)O)C1CC1. The number of carbonyl (C=O) groups is 2. The summed E-state index contributed by atoms with van der Waals surface area (Å²) in [6.45, 7) is 0. The van der Waals surface area contributed by atoms with E-state index in [1.54, 1.807) is 0 Å². The van der Waals surface area contributed by atoms with E-state index in [2.05, 4.69) is 5.32 Å². The Morgan fingerprint density at radius 2 is 2.16 bits per heavy atom. The van der Waals surface area contributed by atoms with E-state index in [1.807, 2.05) is 0 Å². The van der Waals surface area contributed by atoms with Gasteiger partial charge in [-0.05, 0) is 36.6 Å². The number of rotatable bonds is 5. The van der Waals surface area contributed by atoms with Crippen LogP contribution >= 0.6 is 11.6 Å². The summed E-state index contributed by atoms with van der Waals surface area (Å²) in [5.41, 5.74) is 0.177. The number of hydrogen-bond donors (Lipinski definition) is 2. The van der Waals surface area contributed by atoms with E-state index >= 15 is 0 Å². The average molecular weight is 286 g/mol. The normalized spacial score (nSPS) is 15.9. The van der Waals surface area contributed by atoms with Crippen molar-refractivity contribution >= 4 is 23.5 Å². The molecule has 0 heterocycles. The molecule has 0 saturated heterocycles. The number of carbonyl (C=O) groups excluding carboxylic acids is 1. The van der Waals surface area contributed by atoms with E-state index < -0.39 is 17.8 Å². The molecule has 0 aliphatic heterocycles. The third-order valence-corrected chi connectivity index (χ3v) is 3.23. The molecule has 1 fully saturated rings. The molecular weight excluding hydrogens is 273 g/mol. The number of nitrogens with one attached hydrogen (secondary N) is 1. The Bertz CT molecular complexity index is 517. The minimum absolute atomic E-state index is 0.0916. The smallest absolute Gasteiger partial charge is 0.326 e. The highest BCUT2D eigenvalue weighted by molar-refractivity contribution is 6.30. The maximum absolute atomic E-state index is 13.5. The Morgan fingerprint density at radius 1 is 1.47 bits per heavy atom. The van der Waals surface area contributed by atoms with Crippen LogP contribution in [-0.4, -0.2) is 23.0 Å². The van der Waals surface area contributed by atoms with Crippen molar-refractivity contribution in [2.75, 3.05) is 0 Å². The molecule has 1 saturated carbocycles. The van der Waals surface area contributed by atoms with Gasteiger partial charge in [-0.25, -0.2) is 9.18 Å². The van der Waals surface area contributed by atoms with Gasteiger partial charge in [0, 0.05) is 17.4 Å². The first-order valence-corrected chi connectivity index (χ1v) is 6.32. The molecule has 0 aromatic heterocycles. The Kier molecular flexibility index (Phi) is 4.04. The first kappa shape index (κ1) is 13.8. The Morgan fingerprint density at radius 3 is 2.74 bits per heavy atom. The van der Waals surface area contributed by atoms with E-state index in [0.29, 0.717) is 5.02 Å². The molecule has 0 radical (unpaired) electrons. The predicted molar refractivity (Wildman–Crippen MR) is 67.4 cm³/mol. The lowest BCUT2D eigenvalue weighted by Gasteiger charge is -2.15. The average Bonchev–Trinajstić information content (AvgIpc) is 3.16. The van der Waals surface area contributed by atoms with Crippen LogP contribution < -0.4 is 5.32 Å². The number of benzene rings is 1. The van der Waals surface area contributed by atoms with Crippen molar-refractivity contribution in [1.82, 2.24) is 5.32 Å². The van der Waals surface area contributed by atoms with Crippen LogP contribution in [0.3, 0.4) is 0 Å². The van der Waals surface area contributed by atoms with Crippen LogP contribution in [-0.2, 0) is 16.0 Å². The Balaban J connectivity index is 2.09. The lowest BCUT2D eigenvalue weighted by molar-refractivity contribution is -0.142. The van der Waals surface area contributed by atoms with Gasteiger partial charge in [0.1, 0.15) is 11.9 Å². The van der Waals surface area contributed by atoms with Crippen molar-refractivity contribution in [2.24, 2.45) is 5.92 Å². The highest BCUT2D eigenvalue weighted by atomic mass is 35.5. The van der Waals surface area contributed by atoms with E-state index in [4.69, 9.17) is 16.7 Å². The second-order valence-electron chi connectivity index (χ2n) is 4.61. The number of halogens is 2. The highest BCUT2D eigenvalue weighted by Gasteiger charge is 2.32. The molecule has 1 atom stereocenters. The first-order chi connectivity index (χ1) is 8.97. The van der Waals surface area contributed by atoms with Crippen molar-refractivity contribution in [1.29, 1.82) is 0 Å². The van der Waals surface area contributed by atoms with Gasteiger partial charge in [0.05, 0.1) is 0 Å².